The third kappa shape index (κ3) is 3.00. The van der Waals surface area contributed by atoms with Gasteiger partial charge in [-0.25, -0.2) is 8.78 Å². The van der Waals surface area contributed by atoms with Crippen LogP contribution in [-0.2, 0) is 0 Å². The van der Waals surface area contributed by atoms with Crippen LogP contribution in [0.4, 0.5) is 8.78 Å². The van der Waals surface area contributed by atoms with Gasteiger partial charge in [0.15, 0.2) is 0 Å². The van der Waals surface area contributed by atoms with E-state index in [0.717, 1.165) is 28.6 Å². The molecular formula is C18H16F2N2O2. The molecule has 124 valence electrons. The van der Waals surface area contributed by atoms with Gasteiger partial charge in [0.05, 0.1) is 5.56 Å². The van der Waals surface area contributed by atoms with E-state index in [4.69, 9.17) is 0 Å². The van der Waals surface area contributed by atoms with Gasteiger partial charge in [-0.2, -0.15) is 0 Å². The van der Waals surface area contributed by atoms with Crippen molar-refractivity contribution < 1.29 is 18.7 Å². The molecule has 0 spiro atoms. The maximum absolute atomic E-state index is 13.6. The lowest BCUT2D eigenvalue weighted by atomic mass is 10.1. The van der Waals surface area contributed by atoms with E-state index in [9.17, 15) is 18.7 Å². The Kier molecular flexibility index (Phi) is 4.31. The predicted molar refractivity (Wildman–Crippen MR) is 86.7 cm³/mol. The number of hydrogen-bond donors (Lipinski definition) is 3. The fourth-order valence-corrected chi connectivity index (χ4v) is 2.65. The monoisotopic (exact) mass is 330 g/mol. The molecule has 0 aliphatic heterocycles. The maximum atomic E-state index is 13.6. The number of aromatic amines is 1. The first-order valence-electron chi connectivity index (χ1n) is 7.46. The molecule has 1 unspecified atom stereocenters. The number of hydrogen-bond acceptors (Lipinski definition) is 2. The van der Waals surface area contributed by atoms with Crippen LogP contribution < -0.4 is 5.32 Å². The van der Waals surface area contributed by atoms with Gasteiger partial charge in [-0.1, -0.05) is 24.3 Å². The third-order valence-electron chi connectivity index (χ3n) is 3.90. The van der Waals surface area contributed by atoms with Crippen LogP contribution in [0.15, 0.2) is 42.5 Å². The summed E-state index contributed by atoms with van der Waals surface area (Å²) in [5, 5.41) is 13.3. The summed E-state index contributed by atoms with van der Waals surface area (Å²) in [4.78, 5) is 15.2. The third-order valence-corrected chi connectivity index (χ3v) is 3.90. The van der Waals surface area contributed by atoms with E-state index in [1.165, 1.54) is 6.07 Å². The van der Waals surface area contributed by atoms with Crippen molar-refractivity contribution in [3.63, 3.8) is 0 Å². The summed E-state index contributed by atoms with van der Waals surface area (Å²) >= 11 is 0. The van der Waals surface area contributed by atoms with E-state index >= 15 is 0 Å². The van der Waals surface area contributed by atoms with Crippen LogP contribution in [0, 0.1) is 18.6 Å². The largest absolute Gasteiger partial charge is 0.386 e. The normalized spacial score (nSPS) is 12.3. The van der Waals surface area contributed by atoms with E-state index in [0.29, 0.717) is 5.69 Å². The number of aliphatic hydroxyl groups excluding tert-OH is 1. The second-order valence-corrected chi connectivity index (χ2v) is 5.58. The highest BCUT2D eigenvalue weighted by Crippen LogP contribution is 2.21. The first-order valence-corrected chi connectivity index (χ1v) is 7.46. The Morgan fingerprint density at radius 2 is 1.88 bits per heavy atom. The van der Waals surface area contributed by atoms with Crippen LogP contribution in [0.5, 0.6) is 0 Å². The Labute approximate surface area is 137 Å². The Morgan fingerprint density at radius 1 is 1.21 bits per heavy atom. The molecule has 4 nitrogen and oxygen atoms in total. The smallest absolute Gasteiger partial charge is 0.267 e. The first-order chi connectivity index (χ1) is 11.5. The van der Waals surface area contributed by atoms with Gasteiger partial charge in [0.1, 0.15) is 23.4 Å². The van der Waals surface area contributed by atoms with Gasteiger partial charge in [0.2, 0.25) is 0 Å². The lowest BCUT2D eigenvalue weighted by molar-refractivity contribution is 0.0907. The second kappa shape index (κ2) is 6.41. The molecule has 3 rings (SSSR count). The van der Waals surface area contributed by atoms with Crippen LogP contribution in [0.3, 0.4) is 0 Å². The maximum Gasteiger partial charge on any atom is 0.267 e. The van der Waals surface area contributed by atoms with Crippen molar-refractivity contribution in [2.24, 2.45) is 0 Å². The summed E-state index contributed by atoms with van der Waals surface area (Å²) in [5.74, 6) is -2.16. The number of carbonyl (C=O) groups excluding carboxylic acids is 1. The summed E-state index contributed by atoms with van der Waals surface area (Å²) in [6.45, 7) is 1.62. The molecule has 0 bridgehead atoms. The van der Waals surface area contributed by atoms with Crippen LogP contribution in [-0.4, -0.2) is 22.5 Å². The van der Waals surface area contributed by atoms with Crippen molar-refractivity contribution in [1.29, 1.82) is 0 Å². The lowest BCUT2D eigenvalue weighted by Gasteiger charge is -2.13. The number of amides is 1. The molecule has 1 amide bonds. The molecular weight excluding hydrogens is 314 g/mol. The van der Waals surface area contributed by atoms with Crippen molar-refractivity contribution >= 4 is 16.8 Å². The predicted octanol–water partition coefficient (Wildman–Crippen LogP) is 3.22. The Hall–Kier alpha value is -2.73. The fraction of sp³-hybridized carbons (Fsp3) is 0.167. The molecule has 1 heterocycles. The Morgan fingerprint density at radius 3 is 2.54 bits per heavy atom. The molecule has 3 aromatic rings. The zero-order chi connectivity index (χ0) is 17.3. The topological polar surface area (TPSA) is 65.1 Å². The van der Waals surface area contributed by atoms with Crippen molar-refractivity contribution in [2.45, 2.75) is 13.0 Å². The van der Waals surface area contributed by atoms with Crippen molar-refractivity contribution in [3.8, 4) is 0 Å². The van der Waals surface area contributed by atoms with E-state index in [2.05, 4.69) is 10.3 Å². The number of benzene rings is 2. The molecule has 1 atom stereocenters. The van der Waals surface area contributed by atoms with E-state index < -0.39 is 29.2 Å². The second-order valence-electron chi connectivity index (χ2n) is 5.58. The van der Waals surface area contributed by atoms with Crippen LogP contribution in [0.2, 0.25) is 0 Å². The molecule has 0 aliphatic rings. The van der Waals surface area contributed by atoms with Crippen molar-refractivity contribution in [1.82, 2.24) is 10.3 Å². The Balaban J connectivity index is 1.74. The molecule has 0 aliphatic carbocycles. The van der Waals surface area contributed by atoms with Gasteiger partial charge >= 0.3 is 0 Å². The van der Waals surface area contributed by atoms with Gasteiger partial charge in [0, 0.05) is 17.4 Å². The average Bonchev–Trinajstić information content (AvgIpc) is 2.98. The van der Waals surface area contributed by atoms with E-state index in [-0.39, 0.29) is 6.54 Å². The highest BCUT2D eigenvalue weighted by Gasteiger charge is 2.19. The van der Waals surface area contributed by atoms with Gasteiger partial charge < -0.3 is 15.4 Å². The van der Waals surface area contributed by atoms with E-state index in [1.807, 2.05) is 25.1 Å². The zero-order valence-electron chi connectivity index (χ0n) is 12.9. The molecule has 24 heavy (non-hydrogen) atoms. The molecule has 3 N–H and O–H groups in total. The number of nitrogens with one attached hydrogen (secondary N) is 2. The highest BCUT2D eigenvalue weighted by atomic mass is 19.1. The molecule has 0 radical (unpaired) electrons. The first kappa shape index (κ1) is 16.1. The molecule has 0 saturated carbocycles. The molecule has 0 fully saturated rings. The SMILES string of the molecule is Cc1cccc2cc(C(=O)NCC(O)c3c(F)cccc3F)[nH]c12. The number of H-pyrrole nitrogens is 1. The minimum atomic E-state index is -1.47. The van der Waals surface area contributed by atoms with Gasteiger partial charge in [0.25, 0.3) is 5.91 Å². The molecule has 0 saturated heterocycles. The number of para-hydroxylation sites is 1. The molecule has 2 aromatic carbocycles. The van der Waals surface area contributed by atoms with E-state index in [1.54, 1.807) is 6.07 Å². The number of aliphatic hydroxyl groups is 1. The van der Waals surface area contributed by atoms with Crippen molar-refractivity contribution in [2.75, 3.05) is 6.54 Å². The van der Waals surface area contributed by atoms with Crippen LogP contribution in [0.1, 0.15) is 27.7 Å². The van der Waals surface area contributed by atoms with Gasteiger partial charge in [-0.3, -0.25) is 4.79 Å². The summed E-state index contributed by atoms with van der Waals surface area (Å²) < 4.78 is 27.2. The number of aryl methyl sites for hydroxylation is 1. The average molecular weight is 330 g/mol. The summed E-state index contributed by atoms with van der Waals surface area (Å²) in [5.41, 5.74) is 1.72. The number of rotatable bonds is 4. The number of aromatic nitrogens is 1. The Bertz CT molecular complexity index is 885. The molecule has 6 heteroatoms. The lowest BCUT2D eigenvalue weighted by Crippen LogP contribution is -2.29. The molecule has 1 aromatic heterocycles. The number of fused-ring (bicyclic) bond motifs is 1. The standard InChI is InChI=1S/C18H16F2N2O2/c1-10-4-2-5-11-8-14(22-17(10)11)18(24)21-9-15(23)16-12(19)6-3-7-13(16)20/h2-8,15,22-23H,9H2,1H3,(H,21,24). The van der Waals surface area contributed by atoms with Gasteiger partial charge in [-0.15, -0.1) is 0 Å². The minimum Gasteiger partial charge on any atom is -0.386 e. The zero-order valence-corrected chi connectivity index (χ0v) is 12.9. The number of halogens is 2. The highest BCUT2D eigenvalue weighted by molar-refractivity contribution is 5.98. The summed E-state index contributed by atoms with van der Waals surface area (Å²) in [6.07, 6.45) is -1.47. The van der Waals surface area contributed by atoms with Crippen molar-refractivity contribution in [3.05, 3.63) is 70.9 Å². The van der Waals surface area contributed by atoms with Gasteiger partial charge in [-0.05, 0) is 30.7 Å². The quantitative estimate of drug-likeness (QED) is 0.688. The summed E-state index contributed by atoms with van der Waals surface area (Å²) in [7, 11) is 0. The van der Waals surface area contributed by atoms with Crippen LogP contribution in [0.25, 0.3) is 10.9 Å². The summed E-state index contributed by atoms with van der Waals surface area (Å²) in [6, 6.07) is 10.7. The minimum absolute atomic E-state index is 0.301. The van der Waals surface area contributed by atoms with Crippen LogP contribution >= 0.6 is 0 Å². The number of carbonyl (C=O) groups is 1. The fourth-order valence-electron chi connectivity index (χ4n) is 2.65.